The van der Waals surface area contributed by atoms with Crippen molar-refractivity contribution in [1.82, 2.24) is 5.32 Å². The highest BCUT2D eigenvalue weighted by atomic mass is 79.9. The van der Waals surface area contributed by atoms with Gasteiger partial charge in [-0.1, -0.05) is 36.7 Å². The predicted octanol–water partition coefficient (Wildman–Crippen LogP) is 3.01. The monoisotopic (exact) mass is 383 g/mol. The Balaban J connectivity index is 2.39. The maximum Gasteiger partial charge on any atom is 0.234 e. The molecule has 1 unspecified atom stereocenters. The maximum absolute atomic E-state index is 11.9. The maximum atomic E-state index is 11.9. The van der Waals surface area contributed by atoms with Gasteiger partial charge in [0.1, 0.15) is 0 Å². The first-order valence-electron chi connectivity index (χ1n) is 7.60. The molecule has 1 aromatic carbocycles. The van der Waals surface area contributed by atoms with Gasteiger partial charge >= 0.3 is 0 Å². The van der Waals surface area contributed by atoms with Crippen LogP contribution < -0.4 is 15.5 Å². The van der Waals surface area contributed by atoms with Gasteiger partial charge in [0.05, 0.1) is 4.83 Å². The summed E-state index contributed by atoms with van der Waals surface area (Å²) < 4.78 is 0. The molecule has 0 aliphatic carbocycles. The molecule has 1 aromatic rings. The zero-order chi connectivity index (χ0) is 17.6. The second-order valence-corrected chi connectivity index (χ2v) is 7.67. The molecule has 0 aliphatic rings. The highest BCUT2D eigenvalue weighted by Gasteiger charge is 2.28. The Morgan fingerprint density at radius 1 is 1.17 bits per heavy atom. The molecule has 128 valence electrons. The van der Waals surface area contributed by atoms with Crippen molar-refractivity contribution in [2.75, 3.05) is 30.9 Å². The first-order valence-corrected chi connectivity index (χ1v) is 8.52. The van der Waals surface area contributed by atoms with E-state index in [4.69, 9.17) is 0 Å². The van der Waals surface area contributed by atoms with Gasteiger partial charge in [0.2, 0.25) is 11.8 Å². The summed E-state index contributed by atoms with van der Waals surface area (Å²) in [5, 5.41) is 5.60. The summed E-state index contributed by atoms with van der Waals surface area (Å²) in [6.45, 7) is 6.26. The van der Waals surface area contributed by atoms with Crippen molar-refractivity contribution >= 4 is 39.1 Å². The lowest BCUT2D eigenvalue weighted by atomic mass is 9.92. The molecule has 0 spiro atoms. The third-order valence-corrected chi connectivity index (χ3v) is 5.10. The fourth-order valence-electron chi connectivity index (χ4n) is 1.85. The van der Waals surface area contributed by atoms with Crippen molar-refractivity contribution in [3.63, 3.8) is 0 Å². The molecule has 1 rings (SSSR count). The van der Waals surface area contributed by atoms with E-state index in [0.29, 0.717) is 6.54 Å². The van der Waals surface area contributed by atoms with Crippen LogP contribution in [0.15, 0.2) is 24.3 Å². The van der Waals surface area contributed by atoms with Crippen LogP contribution in [0.4, 0.5) is 11.4 Å². The fraction of sp³-hybridized carbons (Fsp3) is 0.529. The molecule has 1 atom stereocenters. The van der Waals surface area contributed by atoms with E-state index in [9.17, 15) is 9.59 Å². The van der Waals surface area contributed by atoms with E-state index in [-0.39, 0.29) is 28.5 Å². The molecule has 23 heavy (non-hydrogen) atoms. The van der Waals surface area contributed by atoms with Crippen LogP contribution in [0.5, 0.6) is 0 Å². The predicted molar refractivity (Wildman–Crippen MR) is 99.2 cm³/mol. The number of amides is 2. The molecule has 0 heterocycles. The van der Waals surface area contributed by atoms with Crippen molar-refractivity contribution in [2.45, 2.75) is 32.0 Å². The molecule has 0 saturated carbocycles. The molecule has 0 fully saturated rings. The molecule has 2 N–H and O–H groups in total. The largest absolute Gasteiger partial charge is 0.378 e. The fourth-order valence-corrected chi connectivity index (χ4v) is 2.01. The molecule has 0 aliphatic heterocycles. The molecule has 5 nitrogen and oxygen atoms in total. The molecule has 2 amide bonds. The first-order chi connectivity index (χ1) is 10.6. The van der Waals surface area contributed by atoms with Gasteiger partial charge < -0.3 is 15.5 Å². The molecule has 0 aromatic heterocycles. The summed E-state index contributed by atoms with van der Waals surface area (Å²) in [4.78, 5) is 25.5. The van der Waals surface area contributed by atoms with Crippen LogP contribution in [0.2, 0.25) is 0 Å². The van der Waals surface area contributed by atoms with Gasteiger partial charge in [0, 0.05) is 38.4 Å². The minimum absolute atomic E-state index is 0.0966. The number of benzene rings is 1. The number of hydrogen-bond donors (Lipinski definition) is 2. The Hall–Kier alpha value is -1.56. The SMILES string of the molecule is CN(C)c1ccc(NC(=O)CCNC(=O)C(Br)C(C)(C)C)cc1. The van der Waals surface area contributed by atoms with Crippen LogP contribution in [0.1, 0.15) is 27.2 Å². The zero-order valence-corrected chi connectivity index (χ0v) is 16.0. The van der Waals surface area contributed by atoms with Crippen molar-refractivity contribution in [2.24, 2.45) is 5.41 Å². The number of nitrogens with one attached hydrogen (secondary N) is 2. The lowest BCUT2D eigenvalue weighted by Gasteiger charge is -2.24. The van der Waals surface area contributed by atoms with Crippen LogP contribution in [-0.2, 0) is 9.59 Å². The van der Waals surface area contributed by atoms with Gasteiger partial charge in [0.15, 0.2) is 0 Å². The third-order valence-electron chi connectivity index (χ3n) is 3.31. The molecule has 0 saturated heterocycles. The van der Waals surface area contributed by atoms with Gasteiger partial charge in [-0.2, -0.15) is 0 Å². The van der Waals surface area contributed by atoms with Gasteiger partial charge in [0.25, 0.3) is 0 Å². The number of hydrogen-bond acceptors (Lipinski definition) is 3. The van der Waals surface area contributed by atoms with Gasteiger partial charge in [-0.05, 0) is 29.7 Å². The average molecular weight is 384 g/mol. The Morgan fingerprint density at radius 3 is 2.22 bits per heavy atom. The van der Waals surface area contributed by atoms with Crippen LogP contribution in [-0.4, -0.2) is 37.3 Å². The Labute approximate surface area is 146 Å². The van der Waals surface area contributed by atoms with Gasteiger partial charge in [-0.15, -0.1) is 0 Å². The van der Waals surface area contributed by atoms with E-state index in [1.807, 2.05) is 64.0 Å². The highest BCUT2D eigenvalue weighted by Crippen LogP contribution is 2.25. The molecular formula is C17H26BrN3O2. The second-order valence-electron chi connectivity index (χ2n) is 6.76. The molecule has 6 heteroatoms. The highest BCUT2D eigenvalue weighted by molar-refractivity contribution is 9.10. The number of carbonyl (C=O) groups is 2. The normalized spacial score (nSPS) is 12.4. The van der Waals surface area contributed by atoms with Crippen LogP contribution in [0.25, 0.3) is 0 Å². The van der Waals surface area contributed by atoms with Gasteiger partial charge in [-0.25, -0.2) is 0 Å². The van der Waals surface area contributed by atoms with Crippen molar-refractivity contribution < 1.29 is 9.59 Å². The van der Waals surface area contributed by atoms with E-state index in [1.165, 1.54) is 0 Å². The lowest BCUT2D eigenvalue weighted by molar-refractivity contribution is -0.122. The summed E-state index contributed by atoms with van der Waals surface area (Å²) >= 11 is 3.39. The molecular weight excluding hydrogens is 358 g/mol. The van der Waals surface area contributed by atoms with E-state index < -0.39 is 0 Å². The number of anilines is 2. The first kappa shape index (κ1) is 19.5. The second kappa shape index (κ2) is 8.34. The van der Waals surface area contributed by atoms with Gasteiger partial charge in [-0.3, -0.25) is 9.59 Å². The third kappa shape index (κ3) is 6.60. The van der Waals surface area contributed by atoms with Crippen molar-refractivity contribution in [1.29, 1.82) is 0 Å². The standard InChI is InChI=1S/C17H26BrN3O2/c1-17(2,3)15(18)16(23)19-11-10-14(22)20-12-6-8-13(9-7-12)21(4)5/h6-9,15H,10-11H2,1-5H3,(H,19,23)(H,20,22). The van der Waals surface area contributed by atoms with Crippen molar-refractivity contribution in [3.05, 3.63) is 24.3 Å². The van der Waals surface area contributed by atoms with Crippen LogP contribution >= 0.6 is 15.9 Å². The summed E-state index contributed by atoms with van der Waals surface area (Å²) in [7, 11) is 3.93. The average Bonchev–Trinajstić information content (AvgIpc) is 2.45. The summed E-state index contributed by atoms with van der Waals surface area (Å²) in [6.07, 6.45) is 0.241. The Bertz CT molecular complexity index is 536. The lowest BCUT2D eigenvalue weighted by Crippen LogP contribution is -2.39. The van der Waals surface area contributed by atoms with Crippen molar-refractivity contribution in [3.8, 4) is 0 Å². The minimum atomic E-state index is -0.281. The summed E-state index contributed by atoms with van der Waals surface area (Å²) in [5.74, 6) is -0.217. The topological polar surface area (TPSA) is 61.4 Å². The summed E-state index contributed by atoms with van der Waals surface area (Å²) in [5.41, 5.74) is 1.65. The number of carbonyl (C=O) groups excluding carboxylic acids is 2. The minimum Gasteiger partial charge on any atom is -0.378 e. The Morgan fingerprint density at radius 2 is 1.74 bits per heavy atom. The Kier molecular flexibility index (Phi) is 7.06. The van der Waals surface area contributed by atoms with E-state index in [0.717, 1.165) is 11.4 Å². The van der Waals surface area contributed by atoms with E-state index in [1.54, 1.807) is 0 Å². The number of halogens is 1. The van der Waals surface area contributed by atoms with Crippen LogP contribution in [0, 0.1) is 5.41 Å². The van der Waals surface area contributed by atoms with E-state index >= 15 is 0 Å². The molecule has 0 radical (unpaired) electrons. The quantitative estimate of drug-likeness (QED) is 0.742. The molecule has 0 bridgehead atoms. The number of nitrogens with zero attached hydrogens (tertiary/aromatic N) is 1. The zero-order valence-electron chi connectivity index (χ0n) is 14.4. The van der Waals surface area contributed by atoms with Crippen LogP contribution in [0.3, 0.4) is 0 Å². The summed E-state index contributed by atoms with van der Waals surface area (Å²) in [6, 6.07) is 7.60. The number of rotatable bonds is 6. The smallest absolute Gasteiger partial charge is 0.234 e. The number of alkyl halides is 1. The van der Waals surface area contributed by atoms with E-state index in [2.05, 4.69) is 26.6 Å².